The van der Waals surface area contributed by atoms with Crippen LogP contribution in [0, 0.1) is 12.7 Å². The third kappa shape index (κ3) is 3.94. The number of carbonyl (C=O) groups excluding carboxylic acids is 2. The van der Waals surface area contributed by atoms with Gasteiger partial charge in [0.25, 0.3) is 11.7 Å². The van der Waals surface area contributed by atoms with Crippen molar-refractivity contribution < 1.29 is 23.8 Å². The van der Waals surface area contributed by atoms with E-state index in [2.05, 4.69) is 15.3 Å². The molecule has 3 heterocycles. The molecular weight excluding hydrogens is 415 g/mol. The van der Waals surface area contributed by atoms with Gasteiger partial charge in [0.15, 0.2) is 0 Å². The molecule has 1 atom stereocenters. The average molecular weight is 433 g/mol. The molecule has 0 saturated carbocycles. The van der Waals surface area contributed by atoms with Crippen molar-refractivity contribution in [2.24, 2.45) is 0 Å². The molecular formula is C20H18ClFN4O4. The van der Waals surface area contributed by atoms with Crippen molar-refractivity contribution in [3.63, 3.8) is 0 Å². The lowest BCUT2D eigenvalue weighted by molar-refractivity contribution is -0.175. The second kappa shape index (κ2) is 7.58. The van der Waals surface area contributed by atoms with E-state index in [1.54, 1.807) is 6.07 Å². The van der Waals surface area contributed by atoms with Gasteiger partial charge in [-0.2, -0.15) is 0 Å². The van der Waals surface area contributed by atoms with Gasteiger partial charge in [0.1, 0.15) is 11.5 Å². The van der Waals surface area contributed by atoms with Crippen molar-refractivity contribution >= 4 is 40.3 Å². The first kappa shape index (κ1) is 20.1. The molecule has 2 aromatic heterocycles. The summed E-state index contributed by atoms with van der Waals surface area (Å²) in [4.78, 5) is 33.5. The number of fused-ring (bicyclic) bond motifs is 1. The Morgan fingerprint density at radius 3 is 2.97 bits per heavy atom. The molecule has 0 unspecified atom stereocenters. The molecule has 0 spiro atoms. The van der Waals surface area contributed by atoms with Crippen LogP contribution >= 0.6 is 11.6 Å². The standard InChI is InChI=1S/C20H18ClFN4O4/c1-11-4-13-7-16(10-23-17(13)25-11)26-3-2-20(29,18(26)27)30-19(28)24-9-12-5-14(21)8-15(22)6-12/h4-8,10,29H,2-3,9H2,1H3,(H,23,25)(H,24,28)/t20-/m0/s1. The van der Waals surface area contributed by atoms with Crippen molar-refractivity contribution in [3.05, 3.63) is 58.6 Å². The number of benzene rings is 1. The monoisotopic (exact) mass is 432 g/mol. The van der Waals surface area contributed by atoms with Crippen LogP contribution in [0.2, 0.25) is 5.02 Å². The zero-order valence-corrected chi connectivity index (χ0v) is 16.7. The van der Waals surface area contributed by atoms with Gasteiger partial charge in [0.2, 0.25) is 0 Å². The second-order valence-electron chi connectivity index (χ2n) is 7.10. The van der Waals surface area contributed by atoms with Crippen molar-refractivity contribution in [2.75, 3.05) is 11.4 Å². The minimum absolute atomic E-state index is 0.0856. The highest BCUT2D eigenvalue weighted by Gasteiger charge is 2.49. The number of hydrogen-bond acceptors (Lipinski definition) is 5. The quantitative estimate of drug-likeness (QED) is 0.549. The molecule has 4 rings (SSSR count). The Labute approximate surface area is 175 Å². The van der Waals surface area contributed by atoms with Crippen LogP contribution in [0.15, 0.2) is 36.5 Å². The number of ether oxygens (including phenoxy) is 1. The van der Waals surface area contributed by atoms with E-state index in [1.807, 2.05) is 13.0 Å². The van der Waals surface area contributed by atoms with Crippen molar-refractivity contribution in [2.45, 2.75) is 25.7 Å². The Morgan fingerprint density at radius 1 is 1.40 bits per heavy atom. The summed E-state index contributed by atoms with van der Waals surface area (Å²) in [6.07, 6.45) is 0.396. The lowest BCUT2D eigenvalue weighted by Crippen LogP contribution is -2.46. The molecule has 30 heavy (non-hydrogen) atoms. The predicted octanol–water partition coefficient (Wildman–Crippen LogP) is 3.02. The molecule has 1 fully saturated rings. The normalized spacial score (nSPS) is 18.8. The smallest absolute Gasteiger partial charge is 0.407 e. The Morgan fingerprint density at radius 2 is 2.20 bits per heavy atom. The van der Waals surface area contributed by atoms with Crippen LogP contribution in [0.25, 0.3) is 11.0 Å². The first-order chi connectivity index (χ1) is 14.2. The summed E-state index contributed by atoms with van der Waals surface area (Å²) in [5.41, 5.74) is 2.51. The summed E-state index contributed by atoms with van der Waals surface area (Å²) in [5, 5.41) is 14.0. The summed E-state index contributed by atoms with van der Waals surface area (Å²) in [6.45, 7) is 1.96. The second-order valence-corrected chi connectivity index (χ2v) is 7.53. The fraction of sp³-hybridized carbons (Fsp3) is 0.250. The highest BCUT2D eigenvalue weighted by Crippen LogP contribution is 2.30. The Hall–Kier alpha value is -3.17. The number of anilines is 1. The van der Waals surface area contributed by atoms with Crippen molar-refractivity contribution in [1.82, 2.24) is 15.3 Å². The van der Waals surface area contributed by atoms with Gasteiger partial charge in [-0.25, -0.2) is 14.2 Å². The summed E-state index contributed by atoms with van der Waals surface area (Å²) in [6, 6.07) is 7.48. The van der Waals surface area contributed by atoms with Gasteiger partial charge in [-0.1, -0.05) is 11.6 Å². The fourth-order valence-corrected chi connectivity index (χ4v) is 3.63. The molecule has 1 saturated heterocycles. The van der Waals surface area contributed by atoms with E-state index in [-0.39, 0.29) is 24.5 Å². The number of halogens is 2. The van der Waals surface area contributed by atoms with Crippen LogP contribution in [0.4, 0.5) is 14.9 Å². The van der Waals surface area contributed by atoms with E-state index in [0.717, 1.165) is 17.1 Å². The first-order valence-electron chi connectivity index (χ1n) is 9.15. The van der Waals surface area contributed by atoms with Gasteiger partial charge in [-0.05, 0) is 42.8 Å². The number of pyridine rings is 1. The lowest BCUT2D eigenvalue weighted by atomic mass is 10.2. The third-order valence-electron chi connectivity index (χ3n) is 4.78. The lowest BCUT2D eigenvalue weighted by Gasteiger charge is -2.22. The van der Waals surface area contributed by atoms with E-state index in [1.165, 1.54) is 23.2 Å². The molecule has 0 bridgehead atoms. The van der Waals surface area contributed by atoms with Crippen molar-refractivity contribution in [1.29, 1.82) is 0 Å². The number of hydrogen-bond donors (Lipinski definition) is 3. The Balaban J connectivity index is 1.42. The van der Waals surface area contributed by atoms with E-state index in [0.29, 0.717) is 16.9 Å². The minimum Gasteiger partial charge on any atom is -0.407 e. The number of alkyl carbamates (subject to hydrolysis) is 1. The van der Waals surface area contributed by atoms with E-state index in [9.17, 15) is 19.1 Å². The number of amides is 2. The van der Waals surface area contributed by atoms with Crippen LogP contribution in [-0.4, -0.2) is 39.4 Å². The molecule has 10 heteroatoms. The maximum Gasteiger partial charge on any atom is 0.410 e. The predicted molar refractivity (Wildman–Crippen MR) is 107 cm³/mol. The van der Waals surface area contributed by atoms with Gasteiger partial charge < -0.3 is 25.0 Å². The Bertz CT molecular complexity index is 1130. The average Bonchev–Trinajstić information content (AvgIpc) is 3.18. The van der Waals surface area contributed by atoms with Crippen LogP contribution in [0.3, 0.4) is 0 Å². The number of aromatic amines is 1. The van der Waals surface area contributed by atoms with Crippen LogP contribution in [0.1, 0.15) is 17.7 Å². The molecule has 156 valence electrons. The van der Waals surface area contributed by atoms with Gasteiger partial charge >= 0.3 is 6.09 Å². The van der Waals surface area contributed by atoms with E-state index in [4.69, 9.17) is 16.3 Å². The molecule has 3 aromatic rings. The summed E-state index contributed by atoms with van der Waals surface area (Å²) >= 11 is 5.77. The number of nitrogens with zero attached hydrogens (tertiary/aromatic N) is 2. The number of carbonyl (C=O) groups is 2. The minimum atomic E-state index is -2.30. The third-order valence-corrected chi connectivity index (χ3v) is 4.99. The number of aromatic nitrogens is 2. The van der Waals surface area contributed by atoms with Crippen LogP contribution < -0.4 is 10.2 Å². The molecule has 0 aliphatic carbocycles. The largest absolute Gasteiger partial charge is 0.410 e. The van der Waals surface area contributed by atoms with Crippen LogP contribution in [-0.2, 0) is 16.1 Å². The van der Waals surface area contributed by atoms with Gasteiger partial charge in [0.05, 0.1) is 11.9 Å². The van der Waals surface area contributed by atoms with Crippen LogP contribution in [0.5, 0.6) is 0 Å². The SMILES string of the molecule is Cc1cc2cc(N3CC[C@](O)(OC(=O)NCc4cc(F)cc(Cl)c4)C3=O)cnc2[nH]1. The van der Waals surface area contributed by atoms with Gasteiger partial charge in [-0.3, -0.25) is 4.79 Å². The van der Waals surface area contributed by atoms with Crippen molar-refractivity contribution in [3.8, 4) is 0 Å². The molecule has 2 amide bonds. The zero-order valence-electron chi connectivity index (χ0n) is 15.9. The molecule has 1 aromatic carbocycles. The topological polar surface area (TPSA) is 108 Å². The molecule has 1 aliphatic heterocycles. The van der Waals surface area contributed by atoms with E-state index >= 15 is 0 Å². The number of nitrogens with one attached hydrogen (secondary N) is 2. The summed E-state index contributed by atoms with van der Waals surface area (Å²) < 4.78 is 18.4. The molecule has 0 radical (unpaired) electrons. The molecule has 8 nitrogen and oxygen atoms in total. The molecule has 3 N–H and O–H groups in total. The highest BCUT2D eigenvalue weighted by atomic mass is 35.5. The summed E-state index contributed by atoms with van der Waals surface area (Å²) in [5.74, 6) is -3.61. The highest BCUT2D eigenvalue weighted by molar-refractivity contribution is 6.30. The number of aliphatic hydroxyl groups is 1. The van der Waals surface area contributed by atoms with Gasteiger partial charge in [-0.15, -0.1) is 0 Å². The maximum atomic E-state index is 13.4. The number of rotatable bonds is 4. The number of aryl methyl sites for hydroxylation is 1. The van der Waals surface area contributed by atoms with E-state index < -0.39 is 23.6 Å². The Kier molecular flexibility index (Phi) is 5.08. The first-order valence-corrected chi connectivity index (χ1v) is 9.53. The molecule has 1 aliphatic rings. The van der Waals surface area contributed by atoms with Gasteiger partial charge in [0, 0.05) is 35.6 Å². The maximum absolute atomic E-state index is 13.4. The zero-order chi connectivity index (χ0) is 21.5. The fourth-order valence-electron chi connectivity index (χ4n) is 3.39. The summed E-state index contributed by atoms with van der Waals surface area (Å²) in [7, 11) is 0. The number of H-pyrrole nitrogens is 1.